The number of piperidine rings is 1. The van der Waals surface area contributed by atoms with Gasteiger partial charge in [-0.1, -0.05) is 54.6 Å². The van der Waals surface area contributed by atoms with Crippen molar-refractivity contribution in [2.24, 2.45) is 22.7 Å². The van der Waals surface area contributed by atoms with Crippen LogP contribution in [0.2, 0.25) is 0 Å². The van der Waals surface area contributed by atoms with Crippen molar-refractivity contribution in [1.29, 1.82) is 5.26 Å². The second kappa shape index (κ2) is 10.6. The molecule has 5 rings (SSSR count). The molecule has 1 saturated carbocycles. The number of alkyl halides is 1. The second-order valence-corrected chi connectivity index (χ2v) is 10.4. The third-order valence-electron chi connectivity index (χ3n) is 7.79. The molecule has 1 amide bonds. The number of rotatable bonds is 7. The van der Waals surface area contributed by atoms with Crippen LogP contribution in [0.1, 0.15) is 31.2 Å². The summed E-state index contributed by atoms with van der Waals surface area (Å²) in [5, 5.41) is 28.6. The highest BCUT2D eigenvalue weighted by atomic mass is 19.1. The van der Waals surface area contributed by atoms with Crippen molar-refractivity contribution in [3.05, 3.63) is 60.2 Å². The summed E-state index contributed by atoms with van der Waals surface area (Å²) in [5.41, 5.74) is 8.02. The topological polar surface area (TPSA) is 118 Å². The van der Waals surface area contributed by atoms with E-state index in [1.165, 1.54) is 0 Å². The molecule has 2 aromatic rings. The Balaban J connectivity index is 1.28. The Hall–Kier alpha value is -3.32. The molecule has 2 heterocycles. The highest BCUT2D eigenvalue weighted by Crippen LogP contribution is 2.38. The fourth-order valence-corrected chi connectivity index (χ4v) is 5.31. The molecule has 2 unspecified atom stereocenters. The molecule has 0 bridgehead atoms. The number of amides is 1. The third kappa shape index (κ3) is 5.37. The van der Waals surface area contributed by atoms with E-state index in [2.05, 4.69) is 57.8 Å². The number of likely N-dealkylation sites (tertiary alicyclic amines) is 1. The first-order valence-electron chi connectivity index (χ1n) is 12.9. The molecule has 1 saturated heterocycles. The molecule has 2 fully saturated rings. The number of hydrogen-bond acceptors (Lipinski definition) is 7. The van der Waals surface area contributed by atoms with Crippen molar-refractivity contribution in [2.45, 2.75) is 50.2 Å². The van der Waals surface area contributed by atoms with E-state index in [1.54, 1.807) is 5.01 Å². The monoisotopic (exact) mass is 504 g/mol. The number of halogens is 1. The van der Waals surface area contributed by atoms with Crippen LogP contribution in [0.3, 0.4) is 0 Å². The van der Waals surface area contributed by atoms with Gasteiger partial charge in [-0.2, -0.15) is 10.4 Å². The Labute approximate surface area is 216 Å². The number of hydrogen-bond donors (Lipinski definition) is 3. The number of nitriles is 1. The Morgan fingerprint density at radius 3 is 2.51 bits per heavy atom. The Kier molecular flexibility index (Phi) is 7.24. The van der Waals surface area contributed by atoms with E-state index >= 15 is 4.39 Å². The van der Waals surface area contributed by atoms with Crippen LogP contribution in [0.25, 0.3) is 11.1 Å². The number of benzene rings is 2. The Bertz CT molecular complexity index is 1180. The maximum atomic E-state index is 16.0. The zero-order valence-corrected chi connectivity index (χ0v) is 20.8. The normalized spacial score (nSPS) is 26.9. The molecule has 1 aliphatic carbocycles. The maximum absolute atomic E-state index is 16.0. The fraction of sp³-hybridized carbons (Fsp3) is 0.464. The Morgan fingerprint density at radius 1 is 1.19 bits per heavy atom. The quantitative estimate of drug-likeness (QED) is 0.499. The number of nitrogens with one attached hydrogen (secondary N) is 1. The molecule has 0 spiro atoms. The van der Waals surface area contributed by atoms with Crippen LogP contribution in [-0.4, -0.2) is 64.3 Å². The summed E-state index contributed by atoms with van der Waals surface area (Å²) in [5.74, 6) is -0.575. The van der Waals surface area contributed by atoms with Crippen molar-refractivity contribution in [1.82, 2.24) is 15.2 Å². The average Bonchev–Trinajstić information content (AvgIpc) is 3.67. The molecule has 37 heavy (non-hydrogen) atoms. The van der Waals surface area contributed by atoms with Gasteiger partial charge in [0.25, 0.3) is 0 Å². The van der Waals surface area contributed by atoms with E-state index in [1.807, 2.05) is 18.2 Å². The van der Waals surface area contributed by atoms with Gasteiger partial charge in [-0.25, -0.2) is 4.39 Å². The molecule has 9 heteroatoms. The predicted octanol–water partition coefficient (Wildman–Crippen LogP) is 2.60. The van der Waals surface area contributed by atoms with Crippen LogP contribution in [0.4, 0.5) is 4.39 Å². The molecule has 194 valence electrons. The van der Waals surface area contributed by atoms with Crippen LogP contribution in [0.15, 0.2) is 59.7 Å². The second-order valence-electron chi connectivity index (χ2n) is 10.4. The minimum atomic E-state index is -1.35. The first-order valence-corrected chi connectivity index (χ1v) is 12.9. The molecule has 3 aliphatic rings. The first-order chi connectivity index (χ1) is 17.9. The van der Waals surface area contributed by atoms with Gasteiger partial charge in [-0.05, 0) is 36.0 Å². The summed E-state index contributed by atoms with van der Waals surface area (Å²) in [6, 6.07) is 20.6. The van der Waals surface area contributed by atoms with Crippen molar-refractivity contribution >= 4 is 11.7 Å². The standard InChI is InChI=1S/C28H33FN6O2/c29-24-18-34(16-19-6-8-21(9-7-19)20-4-2-1-3-5-20)15-13-28(24,12-14-30)35-17-23(25(31)36)26(33-35)32-27(37)22-10-11-22/h1-9,22-25,36H,10-13,15-18,31H2,(H,32,33,37)/t23?,24-,25?,28+/m1/s1. The van der Waals surface area contributed by atoms with Crippen LogP contribution in [0.5, 0.6) is 0 Å². The van der Waals surface area contributed by atoms with Gasteiger partial charge in [0, 0.05) is 25.6 Å². The highest BCUT2D eigenvalue weighted by molar-refractivity contribution is 6.01. The van der Waals surface area contributed by atoms with Gasteiger partial charge in [-0.3, -0.25) is 14.7 Å². The number of carbonyl (C=O) groups excluding carboxylic acids is 1. The average molecular weight is 505 g/mol. The summed E-state index contributed by atoms with van der Waals surface area (Å²) in [6.45, 7) is 1.51. The lowest BCUT2D eigenvalue weighted by atomic mass is 9.82. The number of carbonyl (C=O) groups is 1. The molecular weight excluding hydrogens is 471 g/mol. The van der Waals surface area contributed by atoms with E-state index in [9.17, 15) is 15.2 Å². The van der Waals surface area contributed by atoms with E-state index in [0.717, 1.165) is 29.5 Å². The van der Waals surface area contributed by atoms with Gasteiger partial charge in [0.05, 0.1) is 25.0 Å². The van der Waals surface area contributed by atoms with Crippen molar-refractivity contribution in [3.63, 3.8) is 0 Å². The summed E-state index contributed by atoms with van der Waals surface area (Å²) in [7, 11) is 0. The number of nitrogens with zero attached hydrogens (tertiary/aromatic N) is 4. The molecule has 2 aliphatic heterocycles. The molecule has 4 N–H and O–H groups in total. The largest absolute Gasteiger partial charge is 0.378 e. The zero-order chi connectivity index (χ0) is 26.0. The van der Waals surface area contributed by atoms with E-state index in [4.69, 9.17) is 5.73 Å². The highest BCUT2D eigenvalue weighted by Gasteiger charge is 2.51. The summed E-state index contributed by atoms with van der Waals surface area (Å²) < 4.78 is 16.0. The molecule has 4 atom stereocenters. The lowest BCUT2D eigenvalue weighted by molar-refractivity contribution is -0.120. The third-order valence-corrected chi connectivity index (χ3v) is 7.79. The minimum Gasteiger partial charge on any atom is -0.378 e. The summed E-state index contributed by atoms with van der Waals surface area (Å²) in [4.78, 5) is 14.4. The molecule has 2 aromatic carbocycles. The van der Waals surface area contributed by atoms with Crippen molar-refractivity contribution in [2.75, 3.05) is 19.6 Å². The molecule has 0 aromatic heterocycles. The lowest BCUT2D eigenvalue weighted by Gasteiger charge is -2.47. The van der Waals surface area contributed by atoms with Gasteiger partial charge >= 0.3 is 0 Å². The maximum Gasteiger partial charge on any atom is 0.228 e. The number of amidine groups is 1. The predicted molar refractivity (Wildman–Crippen MR) is 138 cm³/mol. The van der Waals surface area contributed by atoms with Gasteiger partial charge in [0.15, 0.2) is 0 Å². The van der Waals surface area contributed by atoms with Crippen molar-refractivity contribution < 1.29 is 14.3 Å². The SMILES string of the molecule is N#CC[C@]1(N2CC(C(N)O)C(NC(=O)C3CC3)=N2)CCN(Cc2ccc(-c3ccccc3)cc2)C[C@H]1F. The van der Waals surface area contributed by atoms with E-state index in [0.29, 0.717) is 19.5 Å². The Morgan fingerprint density at radius 2 is 1.89 bits per heavy atom. The number of aliphatic hydroxyl groups excluding tert-OH is 1. The summed E-state index contributed by atoms with van der Waals surface area (Å²) >= 11 is 0. The summed E-state index contributed by atoms with van der Waals surface area (Å²) in [6.07, 6.45) is -0.594. The van der Waals surface area contributed by atoms with Crippen LogP contribution >= 0.6 is 0 Å². The molecular formula is C28H33FN6O2. The van der Waals surface area contributed by atoms with Gasteiger partial charge in [0.1, 0.15) is 23.8 Å². The number of aliphatic hydroxyl groups is 1. The first kappa shape index (κ1) is 25.3. The smallest absolute Gasteiger partial charge is 0.228 e. The van der Waals surface area contributed by atoms with Gasteiger partial charge < -0.3 is 16.2 Å². The number of hydrazone groups is 1. The van der Waals surface area contributed by atoms with E-state index < -0.39 is 23.9 Å². The van der Waals surface area contributed by atoms with Crippen LogP contribution < -0.4 is 11.1 Å². The minimum absolute atomic E-state index is 0.0423. The molecule has 0 radical (unpaired) electrons. The number of nitrogens with two attached hydrogens (primary N) is 1. The lowest BCUT2D eigenvalue weighted by Crippen LogP contribution is -2.61. The fourth-order valence-electron chi connectivity index (χ4n) is 5.31. The van der Waals surface area contributed by atoms with Crippen molar-refractivity contribution in [3.8, 4) is 17.2 Å². The van der Waals surface area contributed by atoms with E-state index in [-0.39, 0.29) is 37.2 Å². The van der Waals surface area contributed by atoms with Gasteiger partial charge in [-0.15, -0.1) is 0 Å². The zero-order valence-electron chi connectivity index (χ0n) is 20.8. The van der Waals surface area contributed by atoms with Crippen LogP contribution in [-0.2, 0) is 11.3 Å². The van der Waals surface area contributed by atoms with Crippen LogP contribution in [0, 0.1) is 23.2 Å². The molecule has 8 nitrogen and oxygen atoms in total. The van der Waals surface area contributed by atoms with Gasteiger partial charge in [0.2, 0.25) is 5.91 Å².